The molecule has 3 N–H and O–H groups in total. The van der Waals surface area contributed by atoms with Gasteiger partial charge in [-0.05, 0) is 25.3 Å². The largest absolute Gasteiger partial charge is 0.491 e. The van der Waals surface area contributed by atoms with Crippen molar-refractivity contribution in [1.82, 2.24) is 25.0 Å². The molecule has 2 aliphatic heterocycles. The van der Waals surface area contributed by atoms with Gasteiger partial charge in [-0.25, -0.2) is 18.8 Å². The van der Waals surface area contributed by atoms with Crippen LogP contribution in [0.1, 0.15) is 35.2 Å². The summed E-state index contributed by atoms with van der Waals surface area (Å²) in [4.78, 5) is 17.3. The van der Waals surface area contributed by atoms with Crippen LogP contribution in [-0.4, -0.2) is 58.4 Å². The smallest absolute Gasteiger partial charge is 0.271 e. The molecule has 1 saturated heterocycles. The van der Waals surface area contributed by atoms with E-state index in [2.05, 4.69) is 26.1 Å². The van der Waals surface area contributed by atoms with Crippen LogP contribution in [0.25, 0.3) is 5.65 Å². The van der Waals surface area contributed by atoms with E-state index in [1.165, 1.54) is 21.8 Å². The molecule has 0 unspecified atom stereocenters. The molecule has 6 rings (SSSR count). The van der Waals surface area contributed by atoms with Crippen molar-refractivity contribution in [3.8, 4) is 5.75 Å². The third-order valence-corrected chi connectivity index (χ3v) is 6.64. The van der Waals surface area contributed by atoms with Gasteiger partial charge in [0.05, 0.1) is 31.6 Å². The molecule has 0 atom stereocenters. The Bertz CT molecular complexity index is 1270. The van der Waals surface area contributed by atoms with E-state index in [1.54, 1.807) is 19.2 Å². The van der Waals surface area contributed by atoms with E-state index in [4.69, 9.17) is 4.74 Å². The quantitative estimate of drug-likeness (QED) is 0.545. The van der Waals surface area contributed by atoms with Gasteiger partial charge in [-0.2, -0.15) is 9.61 Å². The maximum atomic E-state index is 14.5. The van der Waals surface area contributed by atoms with E-state index in [9.17, 15) is 13.6 Å². The van der Waals surface area contributed by atoms with Crippen molar-refractivity contribution in [2.45, 2.75) is 30.8 Å². The van der Waals surface area contributed by atoms with Gasteiger partial charge < -0.3 is 15.4 Å². The molecule has 11 heteroatoms. The van der Waals surface area contributed by atoms with Gasteiger partial charge in [0.25, 0.3) is 5.91 Å². The maximum absolute atomic E-state index is 14.5. The van der Waals surface area contributed by atoms with Crippen LogP contribution in [-0.2, 0) is 5.41 Å². The molecule has 0 bridgehead atoms. The fourth-order valence-electron chi connectivity index (χ4n) is 4.61. The SMILES string of the molecule is CNc1cc(Nc2cc(F)cc3c2OCCC32CC2)nc2c(C(=O)NN3CC(F)C3)cnn12. The van der Waals surface area contributed by atoms with Gasteiger partial charge in [0.2, 0.25) is 0 Å². The lowest BCUT2D eigenvalue weighted by molar-refractivity contribution is 0.0193. The third kappa shape index (κ3) is 3.34. The maximum Gasteiger partial charge on any atom is 0.271 e. The number of benzene rings is 1. The minimum Gasteiger partial charge on any atom is -0.491 e. The van der Waals surface area contributed by atoms with Gasteiger partial charge in [-0.1, -0.05) is 0 Å². The molecule has 1 aliphatic carbocycles. The molecular weight excluding hydrogens is 432 g/mol. The zero-order valence-corrected chi connectivity index (χ0v) is 18.0. The lowest BCUT2D eigenvalue weighted by Gasteiger charge is -2.33. The van der Waals surface area contributed by atoms with E-state index < -0.39 is 12.1 Å². The lowest BCUT2D eigenvalue weighted by Crippen LogP contribution is -2.57. The number of alkyl halides is 1. The molecule has 0 radical (unpaired) electrons. The standard InChI is InChI=1S/C22H23F2N7O2/c1-25-18-8-17(27-16-7-12(23)6-15-19(16)33-5-4-22(15)2-3-22)28-20-14(9-26-31(18)20)21(32)29-30-10-13(24)11-30/h6-9,13,25H,2-5,10-11H2,1H3,(H,27,28)(H,29,32). The van der Waals surface area contributed by atoms with Crippen LogP contribution in [0, 0.1) is 5.82 Å². The molecule has 1 spiro atoms. The number of halogens is 2. The van der Waals surface area contributed by atoms with E-state index in [0.29, 0.717) is 35.3 Å². The highest BCUT2D eigenvalue weighted by atomic mass is 19.1. The van der Waals surface area contributed by atoms with Gasteiger partial charge in [0.15, 0.2) is 5.65 Å². The number of hydrogen-bond donors (Lipinski definition) is 3. The summed E-state index contributed by atoms with van der Waals surface area (Å²) >= 11 is 0. The van der Waals surface area contributed by atoms with Crippen molar-refractivity contribution in [2.75, 3.05) is 37.4 Å². The number of hydrogen-bond acceptors (Lipinski definition) is 7. The number of nitrogens with zero attached hydrogens (tertiary/aromatic N) is 4. The molecule has 172 valence electrons. The van der Waals surface area contributed by atoms with Gasteiger partial charge >= 0.3 is 0 Å². The lowest BCUT2D eigenvalue weighted by atomic mass is 9.89. The molecule has 1 aromatic carbocycles. The Morgan fingerprint density at radius 1 is 1.24 bits per heavy atom. The van der Waals surface area contributed by atoms with Crippen LogP contribution < -0.4 is 20.8 Å². The topological polar surface area (TPSA) is 95.8 Å². The highest BCUT2D eigenvalue weighted by molar-refractivity contribution is 5.99. The summed E-state index contributed by atoms with van der Waals surface area (Å²) in [6, 6.07) is 4.68. The number of carbonyl (C=O) groups is 1. The molecule has 3 aromatic rings. The first kappa shape index (κ1) is 20.2. The van der Waals surface area contributed by atoms with Crippen LogP contribution in [0.2, 0.25) is 0 Å². The van der Waals surface area contributed by atoms with Crippen molar-refractivity contribution in [1.29, 1.82) is 0 Å². The van der Waals surface area contributed by atoms with Gasteiger partial charge in [0.1, 0.15) is 34.9 Å². The van der Waals surface area contributed by atoms with Crippen molar-refractivity contribution in [3.63, 3.8) is 0 Å². The number of rotatable bonds is 5. The van der Waals surface area contributed by atoms with Gasteiger partial charge in [0, 0.05) is 30.2 Å². The second-order valence-corrected chi connectivity index (χ2v) is 8.85. The van der Waals surface area contributed by atoms with Gasteiger partial charge in [-0.3, -0.25) is 10.2 Å². The molecule has 9 nitrogen and oxygen atoms in total. The predicted molar refractivity (Wildman–Crippen MR) is 117 cm³/mol. The summed E-state index contributed by atoms with van der Waals surface area (Å²) < 4.78 is 35.0. The number of aromatic nitrogens is 3. The summed E-state index contributed by atoms with van der Waals surface area (Å²) in [5.74, 6) is 0.872. The highest BCUT2D eigenvalue weighted by Crippen LogP contribution is 2.57. The van der Waals surface area contributed by atoms with Crippen LogP contribution in [0.5, 0.6) is 5.75 Å². The molecule has 2 fully saturated rings. The second kappa shape index (κ2) is 7.27. The summed E-state index contributed by atoms with van der Waals surface area (Å²) in [5.41, 5.74) is 4.63. The number of amides is 1. The van der Waals surface area contributed by atoms with Crippen molar-refractivity contribution < 1.29 is 18.3 Å². The van der Waals surface area contributed by atoms with E-state index in [-0.39, 0.29) is 29.9 Å². The third-order valence-electron chi connectivity index (χ3n) is 6.64. The number of ether oxygens (including phenoxy) is 1. The fourth-order valence-corrected chi connectivity index (χ4v) is 4.61. The summed E-state index contributed by atoms with van der Waals surface area (Å²) in [6.07, 6.45) is 3.45. The average molecular weight is 455 g/mol. The molecule has 33 heavy (non-hydrogen) atoms. The zero-order chi connectivity index (χ0) is 22.7. The van der Waals surface area contributed by atoms with Gasteiger partial charge in [-0.15, -0.1) is 0 Å². The summed E-state index contributed by atoms with van der Waals surface area (Å²) in [7, 11) is 1.73. The van der Waals surface area contributed by atoms with E-state index >= 15 is 0 Å². The minimum atomic E-state index is -0.937. The number of carbonyl (C=O) groups excluding carboxylic acids is 1. The summed E-state index contributed by atoms with van der Waals surface area (Å²) in [6.45, 7) is 0.892. The van der Waals surface area contributed by atoms with Crippen LogP contribution in [0.3, 0.4) is 0 Å². The molecule has 4 heterocycles. The number of anilines is 3. The first-order valence-corrected chi connectivity index (χ1v) is 11.0. The Morgan fingerprint density at radius 3 is 2.79 bits per heavy atom. The Morgan fingerprint density at radius 2 is 2.06 bits per heavy atom. The Kier molecular flexibility index (Phi) is 4.44. The first-order chi connectivity index (χ1) is 16.0. The molecule has 1 saturated carbocycles. The average Bonchev–Trinajstić information content (AvgIpc) is 3.41. The Labute approximate surface area is 188 Å². The molecule has 3 aliphatic rings. The molecule has 2 aromatic heterocycles. The number of hydrazine groups is 1. The van der Waals surface area contributed by atoms with E-state index in [1.807, 2.05) is 0 Å². The van der Waals surface area contributed by atoms with Crippen LogP contribution in [0.15, 0.2) is 24.4 Å². The zero-order valence-electron chi connectivity index (χ0n) is 18.0. The number of fused-ring (bicyclic) bond motifs is 3. The molecule has 1 amide bonds. The van der Waals surface area contributed by atoms with Crippen molar-refractivity contribution in [3.05, 3.63) is 41.3 Å². The Hall–Kier alpha value is -3.47. The van der Waals surface area contributed by atoms with Crippen molar-refractivity contribution >= 4 is 28.9 Å². The van der Waals surface area contributed by atoms with Crippen molar-refractivity contribution in [2.24, 2.45) is 0 Å². The summed E-state index contributed by atoms with van der Waals surface area (Å²) in [5, 5.41) is 12.0. The minimum absolute atomic E-state index is 0.0197. The Balaban J connectivity index is 1.36. The molecular formula is C22H23F2N7O2. The van der Waals surface area contributed by atoms with Crippen LogP contribution >= 0.6 is 0 Å². The first-order valence-electron chi connectivity index (χ1n) is 11.0. The number of nitrogens with one attached hydrogen (secondary N) is 3. The predicted octanol–water partition coefficient (Wildman–Crippen LogP) is 2.77. The fraction of sp³-hybridized carbons (Fsp3) is 0.409. The highest BCUT2D eigenvalue weighted by Gasteiger charge is 2.48. The normalized spacial score (nSPS) is 19.0. The van der Waals surface area contributed by atoms with Crippen LogP contribution in [0.4, 0.5) is 26.1 Å². The second-order valence-electron chi connectivity index (χ2n) is 8.85. The monoisotopic (exact) mass is 455 g/mol. The van der Waals surface area contributed by atoms with E-state index in [0.717, 1.165) is 24.8 Å².